The molecule has 22 heavy (non-hydrogen) atoms. The minimum atomic E-state index is 0.253. The third-order valence-corrected chi connectivity index (χ3v) is 3.91. The van der Waals surface area contributed by atoms with Crippen molar-refractivity contribution in [2.24, 2.45) is 0 Å². The van der Waals surface area contributed by atoms with Gasteiger partial charge in [-0.3, -0.25) is 0 Å². The quantitative estimate of drug-likeness (QED) is 0.869. The molecule has 1 saturated heterocycles. The Bertz CT molecular complexity index is 590. The van der Waals surface area contributed by atoms with E-state index in [2.05, 4.69) is 15.1 Å². The van der Waals surface area contributed by atoms with Crippen LogP contribution in [-0.2, 0) is 0 Å². The van der Waals surface area contributed by atoms with Crippen LogP contribution in [0, 0.1) is 6.92 Å². The molecule has 0 unspecified atom stereocenters. The van der Waals surface area contributed by atoms with Crippen LogP contribution in [0.25, 0.3) is 0 Å². The second-order valence-corrected chi connectivity index (χ2v) is 5.51. The van der Waals surface area contributed by atoms with E-state index in [1.807, 2.05) is 43.3 Å². The Hall–Kier alpha value is -2.30. The molecule has 2 aromatic rings. The summed E-state index contributed by atoms with van der Waals surface area (Å²) in [6.45, 7) is 3.84. The Morgan fingerprint density at radius 3 is 2.23 bits per heavy atom. The number of aryl methyl sites for hydroxylation is 1. The van der Waals surface area contributed by atoms with Crippen LogP contribution in [0.15, 0.2) is 36.4 Å². The zero-order valence-electron chi connectivity index (χ0n) is 13.0. The van der Waals surface area contributed by atoms with Gasteiger partial charge < -0.3 is 14.4 Å². The van der Waals surface area contributed by atoms with Crippen molar-refractivity contribution in [1.29, 1.82) is 0 Å². The lowest BCUT2D eigenvalue weighted by molar-refractivity contribution is 0.170. The van der Waals surface area contributed by atoms with Gasteiger partial charge in [0.05, 0.1) is 12.8 Å². The van der Waals surface area contributed by atoms with Crippen molar-refractivity contribution in [3.05, 3.63) is 42.1 Å². The Kier molecular flexibility index (Phi) is 4.42. The van der Waals surface area contributed by atoms with Gasteiger partial charge in [0.25, 0.3) is 0 Å². The van der Waals surface area contributed by atoms with Crippen LogP contribution in [-0.4, -0.2) is 36.5 Å². The lowest BCUT2D eigenvalue weighted by atomic mass is 10.1. The maximum absolute atomic E-state index is 6.04. The predicted molar refractivity (Wildman–Crippen MR) is 85.6 cm³/mol. The molecule has 1 aliphatic heterocycles. The van der Waals surface area contributed by atoms with E-state index in [1.54, 1.807) is 7.11 Å². The number of anilines is 1. The molecule has 0 atom stereocenters. The van der Waals surface area contributed by atoms with Gasteiger partial charge in [0.1, 0.15) is 17.6 Å². The minimum absolute atomic E-state index is 0.253. The minimum Gasteiger partial charge on any atom is -0.497 e. The number of rotatable bonds is 4. The van der Waals surface area contributed by atoms with Crippen molar-refractivity contribution in [3.63, 3.8) is 0 Å². The maximum atomic E-state index is 6.04. The molecule has 1 aromatic carbocycles. The molecule has 0 bridgehead atoms. The molecule has 0 radical (unpaired) electrons. The Labute approximate surface area is 130 Å². The van der Waals surface area contributed by atoms with Gasteiger partial charge in [0, 0.05) is 25.9 Å². The Morgan fingerprint density at radius 1 is 0.955 bits per heavy atom. The first-order chi connectivity index (χ1) is 10.7. The number of methoxy groups -OCH3 is 1. The summed E-state index contributed by atoms with van der Waals surface area (Å²) in [7, 11) is 1.67. The average molecular weight is 299 g/mol. The molecule has 1 aromatic heterocycles. The molecule has 1 aliphatic rings. The zero-order chi connectivity index (χ0) is 15.4. The van der Waals surface area contributed by atoms with Gasteiger partial charge in [-0.2, -0.15) is 5.10 Å². The summed E-state index contributed by atoms with van der Waals surface area (Å²) in [4.78, 5) is 2.26. The number of hydrogen-bond acceptors (Lipinski definition) is 5. The normalized spacial score (nSPS) is 15.6. The number of piperidine rings is 1. The van der Waals surface area contributed by atoms with Crippen LogP contribution in [0.1, 0.15) is 18.5 Å². The van der Waals surface area contributed by atoms with E-state index in [-0.39, 0.29) is 6.10 Å². The van der Waals surface area contributed by atoms with Gasteiger partial charge in [-0.1, -0.05) is 0 Å². The smallest absolute Gasteiger partial charge is 0.151 e. The molecule has 3 rings (SSSR count). The first kappa shape index (κ1) is 14.6. The number of hydrogen-bond donors (Lipinski definition) is 0. The van der Waals surface area contributed by atoms with Crippen molar-refractivity contribution in [3.8, 4) is 11.5 Å². The van der Waals surface area contributed by atoms with Gasteiger partial charge in [0.15, 0.2) is 5.82 Å². The lowest BCUT2D eigenvalue weighted by Crippen LogP contribution is -2.38. The molecule has 0 spiro atoms. The molecule has 5 nitrogen and oxygen atoms in total. The van der Waals surface area contributed by atoms with Crippen LogP contribution < -0.4 is 14.4 Å². The summed E-state index contributed by atoms with van der Waals surface area (Å²) >= 11 is 0. The molecular weight excluding hydrogens is 278 g/mol. The molecule has 2 heterocycles. The van der Waals surface area contributed by atoms with Crippen LogP contribution in [0.4, 0.5) is 5.82 Å². The molecule has 5 heteroatoms. The molecule has 0 amide bonds. The third kappa shape index (κ3) is 3.47. The van der Waals surface area contributed by atoms with Crippen molar-refractivity contribution < 1.29 is 9.47 Å². The number of nitrogens with zero attached hydrogens (tertiary/aromatic N) is 3. The molecular formula is C17H21N3O2. The van der Waals surface area contributed by atoms with Gasteiger partial charge in [-0.15, -0.1) is 5.10 Å². The number of aromatic nitrogens is 2. The average Bonchev–Trinajstić information content (AvgIpc) is 2.57. The highest BCUT2D eigenvalue weighted by Gasteiger charge is 2.21. The first-order valence-corrected chi connectivity index (χ1v) is 7.60. The highest BCUT2D eigenvalue weighted by Crippen LogP contribution is 2.23. The van der Waals surface area contributed by atoms with E-state index < -0.39 is 0 Å². The summed E-state index contributed by atoms with van der Waals surface area (Å²) in [5.41, 5.74) is 0.946. The number of benzene rings is 1. The van der Waals surface area contributed by atoms with Gasteiger partial charge in [-0.25, -0.2) is 0 Å². The fourth-order valence-corrected chi connectivity index (χ4v) is 2.61. The van der Waals surface area contributed by atoms with Crippen molar-refractivity contribution >= 4 is 5.82 Å². The highest BCUT2D eigenvalue weighted by molar-refractivity contribution is 5.38. The molecule has 0 saturated carbocycles. The largest absolute Gasteiger partial charge is 0.497 e. The Morgan fingerprint density at radius 2 is 1.64 bits per heavy atom. The van der Waals surface area contributed by atoms with Gasteiger partial charge >= 0.3 is 0 Å². The van der Waals surface area contributed by atoms with Crippen LogP contribution in [0.5, 0.6) is 11.5 Å². The van der Waals surface area contributed by atoms with Crippen molar-refractivity contribution in [1.82, 2.24) is 10.2 Å². The summed E-state index contributed by atoms with van der Waals surface area (Å²) in [5, 5.41) is 8.37. The van der Waals surface area contributed by atoms with Crippen LogP contribution in [0.3, 0.4) is 0 Å². The molecule has 1 fully saturated rings. The molecule has 0 N–H and O–H groups in total. The maximum Gasteiger partial charge on any atom is 0.151 e. The third-order valence-electron chi connectivity index (χ3n) is 3.91. The second-order valence-electron chi connectivity index (χ2n) is 5.51. The topological polar surface area (TPSA) is 47.5 Å². The van der Waals surface area contributed by atoms with Crippen LogP contribution in [0.2, 0.25) is 0 Å². The first-order valence-electron chi connectivity index (χ1n) is 7.60. The van der Waals surface area contributed by atoms with Gasteiger partial charge in [0.2, 0.25) is 0 Å². The van der Waals surface area contributed by atoms with Crippen molar-refractivity contribution in [2.45, 2.75) is 25.9 Å². The molecule has 0 aliphatic carbocycles. The zero-order valence-corrected chi connectivity index (χ0v) is 13.0. The standard InChI is InChI=1S/C17H21N3O2/c1-13-3-8-17(19-18-13)20-11-9-16(10-12-20)22-15-6-4-14(21-2)5-7-15/h3-8,16H,9-12H2,1-2H3. The summed E-state index contributed by atoms with van der Waals surface area (Å²) in [6.07, 6.45) is 2.23. The summed E-state index contributed by atoms with van der Waals surface area (Å²) in [5.74, 6) is 2.70. The van der Waals surface area contributed by atoms with Gasteiger partial charge in [-0.05, 0) is 43.3 Å². The van der Waals surface area contributed by atoms with Crippen LogP contribution >= 0.6 is 0 Å². The number of ether oxygens (including phenoxy) is 2. The van der Waals surface area contributed by atoms with Crippen molar-refractivity contribution in [2.75, 3.05) is 25.1 Å². The predicted octanol–water partition coefficient (Wildman–Crippen LogP) is 2.84. The fourth-order valence-electron chi connectivity index (χ4n) is 2.61. The second kappa shape index (κ2) is 6.64. The van der Waals surface area contributed by atoms with E-state index in [4.69, 9.17) is 9.47 Å². The Balaban J connectivity index is 1.53. The summed E-state index contributed by atoms with van der Waals surface area (Å²) in [6, 6.07) is 11.8. The monoisotopic (exact) mass is 299 g/mol. The molecule has 116 valence electrons. The highest BCUT2D eigenvalue weighted by atomic mass is 16.5. The summed E-state index contributed by atoms with van der Waals surface area (Å²) < 4.78 is 11.2. The van der Waals surface area contributed by atoms with E-state index in [1.165, 1.54) is 0 Å². The SMILES string of the molecule is COc1ccc(OC2CCN(c3ccc(C)nn3)CC2)cc1. The van der Waals surface area contributed by atoms with E-state index in [0.29, 0.717) is 0 Å². The van der Waals surface area contributed by atoms with E-state index in [9.17, 15) is 0 Å². The fraction of sp³-hybridized carbons (Fsp3) is 0.412. The lowest BCUT2D eigenvalue weighted by Gasteiger charge is -2.32. The van der Waals surface area contributed by atoms with E-state index >= 15 is 0 Å². The van der Waals surface area contributed by atoms with E-state index in [0.717, 1.165) is 48.9 Å².